The van der Waals surface area contributed by atoms with E-state index < -0.39 is 4.92 Å². The van der Waals surface area contributed by atoms with Crippen LogP contribution in [0.25, 0.3) is 11.0 Å². The molecule has 1 aromatic carbocycles. The van der Waals surface area contributed by atoms with Gasteiger partial charge in [-0.3, -0.25) is 10.1 Å². The van der Waals surface area contributed by atoms with E-state index in [2.05, 4.69) is 15.3 Å². The molecule has 20 heavy (non-hydrogen) atoms. The Morgan fingerprint density at radius 3 is 3.05 bits per heavy atom. The van der Waals surface area contributed by atoms with Crippen LogP contribution in [0.4, 0.5) is 11.6 Å². The highest BCUT2D eigenvalue weighted by Crippen LogP contribution is 2.35. The minimum Gasteiger partial charge on any atom is -0.373 e. The standard InChI is InChI=1S/C13H14N4O3/c18-17(19)7-1-3-9-10(5-7)15-13(14-9)16-11-6-8-2-4-12(11)20-8/h1,3,5,8,11-12H,2,4,6H2,(H2,14,15,16). The van der Waals surface area contributed by atoms with Gasteiger partial charge >= 0.3 is 0 Å². The Kier molecular flexibility index (Phi) is 2.43. The fourth-order valence-electron chi connectivity index (χ4n) is 3.14. The number of benzene rings is 1. The van der Waals surface area contributed by atoms with Crippen LogP contribution in [0, 0.1) is 10.1 Å². The molecule has 2 aliphatic heterocycles. The first-order valence-electron chi connectivity index (χ1n) is 6.75. The molecule has 3 heterocycles. The summed E-state index contributed by atoms with van der Waals surface area (Å²) in [6, 6.07) is 4.91. The van der Waals surface area contributed by atoms with Crippen molar-refractivity contribution in [1.29, 1.82) is 0 Å². The van der Waals surface area contributed by atoms with Crippen LogP contribution in [-0.2, 0) is 4.74 Å². The first-order chi connectivity index (χ1) is 9.69. The molecule has 0 spiro atoms. The molecular formula is C13H14N4O3. The zero-order chi connectivity index (χ0) is 13.7. The number of fused-ring (bicyclic) bond motifs is 3. The minimum absolute atomic E-state index is 0.0657. The molecule has 7 nitrogen and oxygen atoms in total. The van der Waals surface area contributed by atoms with Crippen molar-refractivity contribution in [1.82, 2.24) is 9.97 Å². The number of aromatic nitrogens is 2. The molecular weight excluding hydrogens is 260 g/mol. The number of hydrogen-bond acceptors (Lipinski definition) is 5. The van der Waals surface area contributed by atoms with Gasteiger partial charge in [0.05, 0.1) is 34.2 Å². The van der Waals surface area contributed by atoms with Crippen LogP contribution < -0.4 is 5.32 Å². The van der Waals surface area contributed by atoms with E-state index in [4.69, 9.17) is 4.74 Å². The van der Waals surface area contributed by atoms with Gasteiger partial charge in [0.1, 0.15) is 0 Å². The van der Waals surface area contributed by atoms with E-state index in [1.165, 1.54) is 12.1 Å². The fraction of sp³-hybridized carbons (Fsp3) is 0.462. The number of hydrogen-bond donors (Lipinski definition) is 2. The van der Waals surface area contributed by atoms with E-state index in [0.717, 1.165) is 24.8 Å². The predicted molar refractivity (Wildman–Crippen MR) is 72.7 cm³/mol. The van der Waals surface area contributed by atoms with E-state index in [1.807, 2.05) is 0 Å². The molecule has 2 bridgehead atoms. The molecule has 2 aromatic rings. The monoisotopic (exact) mass is 274 g/mol. The van der Waals surface area contributed by atoms with Gasteiger partial charge in [-0.2, -0.15) is 0 Å². The van der Waals surface area contributed by atoms with Gasteiger partial charge < -0.3 is 15.0 Å². The number of imidazole rings is 1. The number of aromatic amines is 1. The number of nitrogens with zero attached hydrogens (tertiary/aromatic N) is 2. The zero-order valence-electron chi connectivity index (χ0n) is 10.7. The van der Waals surface area contributed by atoms with E-state index >= 15 is 0 Å². The van der Waals surface area contributed by atoms with Crippen molar-refractivity contribution < 1.29 is 9.66 Å². The number of H-pyrrole nitrogens is 1. The number of nitro groups is 1. The number of non-ortho nitro benzene ring substituents is 1. The Hall–Kier alpha value is -2.15. The third-order valence-corrected chi connectivity index (χ3v) is 4.10. The molecule has 0 radical (unpaired) electrons. The molecule has 0 saturated carbocycles. The average molecular weight is 274 g/mol. The second-order valence-corrected chi connectivity index (χ2v) is 5.40. The second kappa shape index (κ2) is 4.17. The summed E-state index contributed by atoms with van der Waals surface area (Å²) in [7, 11) is 0. The van der Waals surface area contributed by atoms with Gasteiger partial charge in [0.2, 0.25) is 5.95 Å². The van der Waals surface area contributed by atoms with Crippen LogP contribution >= 0.6 is 0 Å². The summed E-state index contributed by atoms with van der Waals surface area (Å²) in [4.78, 5) is 17.9. The molecule has 3 unspecified atom stereocenters. The lowest BCUT2D eigenvalue weighted by Gasteiger charge is -2.19. The first-order valence-corrected chi connectivity index (χ1v) is 6.75. The first kappa shape index (κ1) is 11.7. The fourth-order valence-corrected chi connectivity index (χ4v) is 3.14. The minimum atomic E-state index is -0.406. The Morgan fingerprint density at radius 2 is 2.35 bits per heavy atom. The largest absolute Gasteiger partial charge is 0.373 e. The van der Waals surface area contributed by atoms with Crippen molar-refractivity contribution in [3.63, 3.8) is 0 Å². The third-order valence-electron chi connectivity index (χ3n) is 4.10. The van der Waals surface area contributed by atoms with Crippen molar-refractivity contribution >= 4 is 22.7 Å². The summed E-state index contributed by atoms with van der Waals surface area (Å²) in [6.07, 6.45) is 3.89. The number of nitrogens with one attached hydrogen (secondary N) is 2. The number of rotatable bonds is 3. The summed E-state index contributed by atoms with van der Waals surface area (Å²) in [5, 5.41) is 14.1. The summed E-state index contributed by atoms with van der Waals surface area (Å²) < 4.78 is 5.79. The molecule has 7 heteroatoms. The Bertz CT molecular complexity index is 683. The van der Waals surface area contributed by atoms with Gasteiger partial charge in [-0.25, -0.2) is 4.98 Å². The number of anilines is 1. The molecule has 3 atom stereocenters. The van der Waals surface area contributed by atoms with Crippen LogP contribution in [0.5, 0.6) is 0 Å². The third kappa shape index (κ3) is 1.82. The molecule has 1 aromatic heterocycles. The van der Waals surface area contributed by atoms with Gasteiger partial charge in [-0.05, 0) is 25.3 Å². The second-order valence-electron chi connectivity index (χ2n) is 5.40. The average Bonchev–Trinajstić information content (AvgIpc) is 3.11. The lowest BCUT2D eigenvalue weighted by atomic mass is 9.96. The van der Waals surface area contributed by atoms with Crippen molar-refractivity contribution in [2.24, 2.45) is 0 Å². The topological polar surface area (TPSA) is 93.1 Å². The van der Waals surface area contributed by atoms with E-state index in [9.17, 15) is 10.1 Å². The maximum Gasteiger partial charge on any atom is 0.271 e. The van der Waals surface area contributed by atoms with Gasteiger partial charge in [-0.15, -0.1) is 0 Å². The highest BCUT2D eigenvalue weighted by atomic mass is 16.6. The van der Waals surface area contributed by atoms with Crippen LogP contribution in [0.15, 0.2) is 18.2 Å². The highest BCUT2D eigenvalue weighted by Gasteiger charge is 2.41. The predicted octanol–water partition coefficient (Wildman–Crippen LogP) is 2.20. The van der Waals surface area contributed by atoms with Gasteiger partial charge in [0.25, 0.3) is 5.69 Å². The maximum absolute atomic E-state index is 10.8. The summed E-state index contributed by atoms with van der Waals surface area (Å²) in [5.41, 5.74) is 1.46. The highest BCUT2D eigenvalue weighted by molar-refractivity contribution is 5.79. The SMILES string of the molecule is O=[N+]([O-])c1ccc2nc(NC3CC4CCC3O4)[nH]c2c1. The normalized spacial score (nSPS) is 28.1. The zero-order valence-corrected chi connectivity index (χ0v) is 10.7. The summed E-state index contributed by atoms with van der Waals surface area (Å²) in [6.45, 7) is 0. The Morgan fingerprint density at radius 1 is 1.45 bits per heavy atom. The van der Waals surface area contributed by atoms with Crippen molar-refractivity contribution in [2.45, 2.75) is 37.5 Å². The van der Waals surface area contributed by atoms with Crippen molar-refractivity contribution in [3.8, 4) is 0 Å². The quantitative estimate of drug-likeness (QED) is 0.661. The number of nitro benzene ring substituents is 1. The summed E-state index contributed by atoms with van der Waals surface area (Å²) in [5.74, 6) is 0.654. The molecule has 4 rings (SSSR count). The van der Waals surface area contributed by atoms with Crippen LogP contribution in [0.1, 0.15) is 19.3 Å². The van der Waals surface area contributed by atoms with Gasteiger partial charge in [0, 0.05) is 12.1 Å². The molecule has 2 aliphatic rings. The van der Waals surface area contributed by atoms with Gasteiger partial charge in [-0.1, -0.05) is 0 Å². The number of ether oxygens (including phenoxy) is 1. The molecule has 2 saturated heterocycles. The molecule has 0 aliphatic carbocycles. The van der Waals surface area contributed by atoms with Crippen LogP contribution in [0.3, 0.4) is 0 Å². The lowest BCUT2D eigenvalue weighted by molar-refractivity contribution is -0.384. The maximum atomic E-state index is 10.8. The Balaban J connectivity index is 1.59. The van der Waals surface area contributed by atoms with E-state index in [-0.39, 0.29) is 17.8 Å². The summed E-state index contributed by atoms with van der Waals surface area (Å²) >= 11 is 0. The van der Waals surface area contributed by atoms with E-state index in [0.29, 0.717) is 17.6 Å². The molecule has 2 N–H and O–H groups in total. The van der Waals surface area contributed by atoms with Crippen molar-refractivity contribution in [3.05, 3.63) is 28.3 Å². The Labute approximate surface area is 114 Å². The van der Waals surface area contributed by atoms with Gasteiger partial charge in [0.15, 0.2) is 0 Å². The van der Waals surface area contributed by atoms with Crippen LogP contribution in [-0.4, -0.2) is 33.1 Å². The van der Waals surface area contributed by atoms with E-state index in [1.54, 1.807) is 6.07 Å². The molecule has 0 amide bonds. The smallest absolute Gasteiger partial charge is 0.271 e. The van der Waals surface area contributed by atoms with Crippen LogP contribution in [0.2, 0.25) is 0 Å². The van der Waals surface area contributed by atoms with Crippen molar-refractivity contribution in [2.75, 3.05) is 5.32 Å². The molecule has 104 valence electrons. The molecule has 2 fully saturated rings. The lowest BCUT2D eigenvalue weighted by Crippen LogP contribution is -2.30.